The number of morpholine rings is 1. The van der Waals surface area contributed by atoms with E-state index in [0.717, 1.165) is 11.3 Å². The van der Waals surface area contributed by atoms with E-state index in [1.54, 1.807) is 14.1 Å². The molecule has 21 heavy (non-hydrogen) atoms. The van der Waals surface area contributed by atoms with Crippen LogP contribution in [0.4, 0.5) is 5.82 Å². The molecule has 0 radical (unpaired) electrons. The summed E-state index contributed by atoms with van der Waals surface area (Å²) in [6.45, 7) is 5.30. The first-order valence-corrected chi connectivity index (χ1v) is 6.90. The molecular formula is C15H20N4O2. The second-order valence-electron chi connectivity index (χ2n) is 5.43. The molecule has 1 fully saturated rings. The van der Waals surface area contributed by atoms with Crippen molar-refractivity contribution < 1.29 is 9.53 Å². The smallest absolute Gasteiger partial charge is 0.253 e. The summed E-state index contributed by atoms with van der Waals surface area (Å²) in [7, 11) is 3.42. The van der Waals surface area contributed by atoms with Crippen molar-refractivity contribution in [1.82, 2.24) is 9.88 Å². The number of pyridine rings is 1. The van der Waals surface area contributed by atoms with Gasteiger partial charge in [0.15, 0.2) is 6.10 Å². The quantitative estimate of drug-likeness (QED) is 0.807. The highest BCUT2D eigenvalue weighted by atomic mass is 16.5. The molecule has 1 atom stereocenters. The predicted molar refractivity (Wildman–Crippen MR) is 79.1 cm³/mol. The fourth-order valence-corrected chi connectivity index (χ4v) is 2.46. The van der Waals surface area contributed by atoms with Crippen molar-refractivity contribution in [2.45, 2.75) is 20.0 Å². The van der Waals surface area contributed by atoms with Crippen molar-refractivity contribution >= 4 is 11.7 Å². The molecule has 1 unspecified atom stereocenters. The second-order valence-corrected chi connectivity index (χ2v) is 5.43. The summed E-state index contributed by atoms with van der Waals surface area (Å²) >= 11 is 0. The van der Waals surface area contributed by atoms with E-state index < -0.39 is 6.10 Å². The van der Waals surface area contributed by atoms with Gasteiger partial charge in [-0.1, -0.05) is 0 Å². The minimum Gasteiger partial charge on any atom is -0.365 e. The number of nitriles is 1. The van der Waals surface area contributed by atoms with E-state index in [1.165, 1.54) is 4.90 Å². The number of anilines is 1. The number of nitrogens with zero attached hydrogens (tertiary/aromatic N) is 4. The Morgan fingerprint density at radius 3 is 2.86 bits per heavy atom. The van der Waals surface area contributed by atoms with Crippen LogP contribution in [0.3, 0.4) is 0 Å². The van der Waals surface area contributed by atoms with E-state index in [9.17, 15) is 10.1 Å². The number of aryl methyl sites for hydroxylation is 2. The van der Waals surface area contributed by atoms with Gasteiger partial charge in [0, 0.05) is 26.3 Å². The van der Waals surface area contributed by atoms with Gasteiger partial charge in [-0.05, 0) is 25.5 Å². The lowest BCUT2D eigenvalue weighted by molar-refractivity contribution is -0.141. The van der Waals surface area contributed by atoms with Crippen LogP contribution >= 0.6 is 0 Å². The monoisotopic (exact) mass is 288 g/mol. The summed E-state index contributed by atoms with van der Waals surface area (Å²) in [5.41, 5.74) is 2.34. The van der Waals surface area contributed by atoms with Gasteiger partial charge >= 0.3 is 0 Å². The number of hydrogen-bond donors (Lipinski definition) is 0. The van der Waals surface area contributed by atoms with E-state index in [2.05, 4.69) is 11.1 Å². The molecule has 112 valence electrons. The lowest BCUT2D eigenvalue weighted by Gasteiger charge is -2.34. The van der Waals surface area contributed by atoms with Crippen LogP contribution in [-0.4, -0.2) is 55.7 Å². The Hall–Kier alpha value is -2.13. The van der Waals surface area contributed by atoms with E-state index in [0.29, 0.717) is 31.1 Å². The van der Waals surface area contributed by atoms with E-state index in [1.807, 2.05) is 24.8 Å². The zero-order valence-corrected chi connectivity index (χ0v) is 12.9. The molecule has 1 aromatic heterocycles. The Kier molecular flexibility index (Phi) is 4.43. The molecule has 1 saturated heterocycles. The molecule has 0 aliphatic carbocycles. The van der Waals surface area contributed by atoms with Gasteiger partial charge in [-0.15, -0.1) is 0 Å². The van der Waals surface area contributed by atoms with Crippen molar-refractivity contribution in [3.63, 3.8) is 0 Å². The van der Waals surface area contributed by atoms with Gasteiger partial charge in [0.1, 0.15) is 11.9 Å². The van der Waals surface area contributed by atoms with Gasteiger partial charge in [-0.2, -0.15) is 5.26 Å². The van der Waals surface area contributed by atoms with Crippen molar-refractivity contribution in [3.05, 3.63) is 22.9 Å². The number of amides is 1. The predicted octanol–water partition coefficient (Wildman–Crippen LogP) is 0.864. The Labute approximate surface area is 124 Å². The molecule has 1 aliphatic rings. The van der Waals surface area contributed by atoms with Gasteiger partial charge < -0.3 is 14.5 Å². The minimum atomic E-state index is -0.511. The molecule has 0 bridgehead atoms. The third kappa shape index (κ3) is 3.14. The third-order valence-corrected chi connectivity index (χ3v) is 3.52. The van der Waals surface area contributed by atoms with E-state index in [4.69, 9.17) is 4.74 Å². The fraction of sp³-hybridized carbons (Fsp3) is 0.533. The lowest BCUT2D eigenvalue weighted by atomic mass is 10.1. The molecule has 1 amide bonds. The molecule has 6 nitrogen and oxygen atoms in total. The summed E-state index contributed by atoms with van der Waals surface area (Å²) in [6.07, 6.45) is -0.511. The van der Waals surface area contributed by atoms with Crippen molar-refractivity contribution in [1.29, 1.82) is 5.26 Å². The molecular weight excluding hydrogens is 268 g/mol. The fourth-order valence-electron chi connectivity index (χ4n) is 2.46. The standard InChI is InChI=1S/C15H20N4O2/c1-10-7-11(2)17-14(12(10)8-16)19-5-6-21-13(9-19)15(20)18(3)4/h7,13H,5-6,9H2,1-4H3. The molecule has 1 aromatic rings. The Balaban J connectivity index is 2.30. The van der Waals surface area contributed by atoms with Crippen LogP contribution in [0.25, 0.3) is 0 Å². The average molecular weight is 288 g/mol. The van der Waals surface area contributed by atoms with Crippen LogP contribution in [0.15, 0.2) is 6.07 Å². The highest BCUT2D eigenvalue weighted by molar-refractivity contribution is 5.81. The van der Waals surface area contributed by atoms with Crippen LogP contribution in [-0.2, 0) is 9.53 Å². The Bertz CT molecular complexity index is 592. The minimum absolute atomic E-state index is 0.0671. The topological polar surface area (TPSA) is 69.5 Å². The average Bonchev–Trinajstić information content (AvgIpc) is 2.45. The first kappa shape index (κ1) is 15.3. The summed E-state index contributed by atoms with van der Waals surface area (Å²) < 4.78 is 5.54. The van der Waals surface area contributed by atoms with Gasteiger partial charge in [-0.3, -0.25) is 4.79 Å². The van der Waals surface area contributed by atoms with Gasteiger partial charge in [0.05, 0.1) is 18.7 Å². The van der Waals surface area contributed by atoms with Crippen molar-refractivity contribution in [2.75, 3.05) is 38.7 Å². The SMILES string of the molecule is Cc1cc(C)c(C#N)c(N2CCOC(C(=O)N(C)C)C2)n1. The third-order valence-electron chi connectivity index (χ3n) is 3.52. The molecule has 0 spiro atoms. The number of hydrogen-bond acceptors (Lipinski definition) is 5. The summed E-state index contributed by atoms with van der Waals surface area (Å²) in [5.74, 6) is 0.581. The van der Waals surface area contributed by atoms with Crippen LogP contribution in [0, 0.1) is 25.2 Å². The molecule has 0 saturated carbocycles. The first-order chi connectivity index (χ1) is 9.93. The van der Waals surface area contributed by atoms with E-state index in [-0.39, 0.29) is 5.91 Å². The number of aromatic nitrogens is 1. The Morgan fingerprint density at radius 1 is 1.52 bits per heavy atom. The largest absolute Gasteiger partial charge is 0.365 e. The maximum atomic E-state index is 12.1. The van der Waals surface area contributed by atoms with Gasteiger partial charge in [-0.25, -0.2) is 4.98 Å². The summed E-state index contributed by atoms with van der Waals surface area (Å²) in [5, 5.41) is 9.36. The number of carbonyl (C=O) groups is 1. The second kappa shape index (κ2) is 6.10. The Morgan fingerprint density at radius 2 is 2.24 bits per heavy atom. The highest BCUT2D eigenvalue weighted by Crippen LogP contribution is 2.24. The summed E-state index contributed by atoms with van der Waals surface area (Å²) in [4.78, 5) is 20.0. The van der Waals surface area contributed by atoms with Crippen LogP contribution in [0.1, 0.15) is 16.8 Å². The molecule has 2 rings (SSSR count). The van der Waals surface area contributed by atoms with Crippen LogP contribution in [0.2, 0.25) is 0 Å². The number of rotatable bonds is 2. The molecule has 2 heterocycles. The van der Waals surface area contributed by atoms with Crippen molar-refractivity contribution in [2.24, 2.45) is 0 Å². The van der Waals surface area contributed by atoms with Gasteiger partial charge in [0.25, 0.3) is 5.91 Å². The number of likely N-dealkylation sites (N-methyl/N-ethyl adjacent to an activating group) is 1. The normalized spacial score (nSPS) is 18.2. The molecule has 1 aliphatic heterocycles. The zero-order chi connectivity index (χ0) is 15.6. The van der Waals surface area contributed by atoms with Crippen molar-refractivity contribution in [3.8, 4) is 6.07 Å². The number of carbonyl (C=O) groups excluding carboxylic acids is 1. The maximum Gasteiger partial charge on any atom is 0.253 e. The molecule has 6 heteroatoms. The lowest BCUT2D eigenvalue weighted by Crippen LogP contribution is -2.50. The number of ether oxygens (including phenoxy) is 1. The highest BCUT2D eigenvalue weighted by Gasteiger charge is 2.29. The summed E-state index contributed by atoms with van der Waals surface area (Å²) in [6, 6.07) is 4.11. The molecule has 0 N–H and O–H groups in total. The zero-order valence-electron chi connectivity index (χ0n) is 12.9. The van der Waals surface area contributed by atoms with E-state index >= 15 is 0 Å². The van der Waals surface area contributed by atoms with Crippen LogP contribution < -0.4 is 4.90 Å². The first-order valence-electron chi connectivity index (χ1n) is 6.90. The maximum absolute atomic E-state index is 12.1. The van der Waals surface area contributed by atoms with Gasteiger partial charge in [0.2, 0.25) is 0 Å². The van der Waals surface area contributed by atoms with Crippen LogP contribution in [0.5, 0.6) is 0 Å². The molecule has 0 aromatic carbocycles.